The molecule has 28 heavy (non-hydrogen) atoms. The summed E-state index contributed by atoms with van der Waals surface area (Å²) in [5.74, 6) is -0.463. The monoisotopic (exact) mass is 388 g/mol. The Hall–Kier alpha value is -3.27. The smallest absolute Gasteiger partial charge is 0.320 e. The lowest BCUT2D eigenvalue weighted by Crippen LogP contribution is -2.24. The Morgan fingerprint density at radius 1 is 1.21 bits per heavy atom. The molecule has 1 amide bonds. The Bertz CT molecular complexity index is 1030. The van der Waals surface area contributed by atoms with Crippen molar-refractivity contribution < 1.29 is 18.0 Å². The minimum Gasteiger partial charge on any atom is -0.320 e. The van der Waals surface area contributed by atoms with Crippen LogP contribution in [-0.4, -0.2) is 25.7 Å². The molecule has 1 aliphatic rings. The molecule has 0 radical (unpaired) electrons. The second kappa shape index (κ2) is 6.41. The molecule has 0 unspecified atom stereocenters. The Labute approximate surface area is 157 Å². The number of alkyl halides is 3. The van der Waals surface area contributed by atoms with Gasteiger partial charge in [-0.05, 0) is 43.2 Å². The van der Waals surface area contributed by atoms with Crippen molar-refractivity contribution in [2.75, 3.05) is 5.32 Å². The molecule has 3 aromatic rings. The van der Waals surface area contributed by atoms with Crippen LogP contribution in [0.4, 0.5) is 18.9 Å². The largest absolute Gasteiger partial charge is 0.418 e. The van der Waals surface area contributed by atoms with E-state index in [0.717, 1.165) is 6.07 Å². The number of benzene rings is 1. The van der Waals surface area contributed by atoms with Crippen LogP contribution >= 0.6 is 0 Å². The lowest BCUT2D eigenvalue weighted by Gasteiger charge is -2.15. The number of aromatic nitrogens is 4. The SMILES string of the molecule is NC1(c2nccc(C(=O)Nc3ccc(-n4cccn4)cc3C(F)(F)F)n2)CC1. The zero-order chi connectivity index (χ0) is 19.9. The first-order chi connectivity index (χ1) is 13.3. The third-order valence-electron chi connectivity index (χ3n) is 4.45. The number of nitrogens with zero attached hydrogens (tertiary/aromatic N) is 4. The van der Waals surface area contributed by atoms with Gasteiger partial charge < -0.3 is 11.1 Å². The van der Waals surface area contributed by atoms with Crippen LogP contribution in [0.3, 0.4) is 0 Å². The molecule has 144 valence electrons. The average Bonchev–Trinajstić information content (AvgIpc) is 3.19. The van der Waals surface area contributed by atoms with E-state index in [9.17, 15) is 18.0 Å². The Kier molecular flexibility index (Phi) is 4.15. The molecule has 2 heterocycles. The van der Waals surface area contributed by atoms with Gasteiger partial charge >= 0.3 is 6.18 Å². The summed E-state index contributed by atoms with van der Waals surface area (Å²) in [5, 5.41) is 6.20. The second-order valence-electron chi connectivity index (χ2n) is 6.55. The highest BCUT2D eigenvalue weighted by atomic mass is 19.4. The van der Waals surface area contributed by atoms with Crippen LogP contribution in [0.5, 0.6) is 0 Å². The molecule has 1 aromatic carbocycles. The van der Waals surface area contributed by atoms with Crippen molar-refractivity contribution >= 4 is 11.6 Å². The third-order valence-corrected chi connectivity index (χ3v) is 4.45. The van der Waals surface area contributed by atoms with Crippen molar-refractivity contribution in [2.24, 2.45) is 5.73 Å². The van der Waals surface area contributed by atoms with E-state index in [2.05, 4.69) is 20.4 Å². The summed E-state index contributed by atoms with van der Waals surface area (Å²) in [6, 6.07) is 6.47. The number of anilines is 1. The molecule has 0 bridgehead atoms. The number of nitrogens with two attached hydrogens (primary N) is 1. The van der Waals surface area contributed by atoms with Gasteiger partial charge in [-0.25, -0.2) is 14.6 Å². The fraction of sp³-hybridized carbons (Fsp3) is 0.222. The fourth-order valence-electron chi connectivity index (χ4n) is 2.71. The minimum atomic E-state index is -4.67. The number of carbonyl (C=O) groups is 1. The number of rotatable bonds is 4. The Balaban J connectivity index is 1.65. The van der Waals surface area contributed by atoms with E-state index in [0.29, 0.717) is 18.7 Å². The summed E-state index contributed by atoms with van der Waals surface area (Å²) in [4.78, 5) is 20.6. The van der Waals surface area contributed by atoms with Crippen LogP contribution in [0.15, 0.2) is 48.9 Å². The summed E-state index contributed by atoms with van der Waals surface area (Å²) in [5.41, 5.74) is 4.18. The highest BCUT2D eigenvalue weighted by Crippen LogP contribution is 2.40. The highest BCUT2D eigenvalue weighted by molar-refractivity contribution is 6.03. The maximum Gasteiger partial charge on any atom is 0.418 e. The van der Waals surface area contributed by atoms with E-state index in [-0.39, 0.29) is 17.1 Å². The van der Waals surface area contributed by atoms with Gasteiger partial charge in [0.2, 0.25) is 0 Å². The lowest BCUT2D eigenvalue weighted by atomic mass is 10.1. The summed E-state index contributed by atoms with van der Waals surface area (Å²) in [7, 11) is 0. The predicted molar refractivity (Wildman–Crippen MR) is 93.7 cm³/mol. The average molecular weight is 388 g/mol. The van der Waals surface area contributed by atoms with Crippen molar-refractivity contribution in [1.82, 2.24) is 19.7 Å². The molecular formula is C18H15F3N6O. The van der Waals surface area contributed by atoms with E-state index in [1.54, 1.807) is 6.07 Å². The Morgan fingerprint density at radius 2 is 2.00 bits per heavy atom. The maximum atomic E-state index is 13.5. The van der Waals surface area contributed by atoms with Crippen molar-refractivity contribution in [1.29, 1.82) is 0 Å². The summed E-state index contributed by atoms with van der Waals surface area (Å²) < 4.78 is 41.9. The number of halogens is 3. The lowest BCUT2D eigenvalue weighted by molar-refractivity contribution is -0.136. The molecule has 1 aliphatic carbocycles. The second-order valence-corrected chi connectivity index (χ2v) is 6.55. The maximum absolute atomic E-state index is 13.5. The standard InChI is InChI=1S/C18H15F3N6O/c19-18(20,21)12-10-11(27-9-1-7-24-27)2-3-13(12)25-15(28)14-4-8-23-16(26-14)17(22)5-6-17/h1-4,7-10H,5-6,22H2,(H,25,28). The van der Waals surface area contributed by atoms with E-state index >= 15 is 0 Å². The van der Waals surface area contributed by atoms with Gasteiger partial charge in [-0.1, -0.05) is 0 Å². The van der Waals surface area contributed by atoms with Gasteiger partial charge in [0, 0.05) is 18.6 Å². The number of carbonyl (C=O) groups excluding carboxylic acids is 1. The van der Waals surface area contributed by atoms with Gasteiger partial charge in [0.1, 0.15) is 11.5 Å². The summed E-state index contributed by atoms with van der Waals surface area (Å²) in [6.45, 7) is 0. The molecule has 4 rings (SSSR count). The van der Waals surface area contributed by atoms with Gasteiger partial charge in [-0.2, -0.15) is 18.3 Å². The Morgan fingerprint density at radius 3 is 2.64 bits per heavy atom. The predicted octanol–water partition coefficient (Wildman–Crippen LogP) is 2.88. The molecule has 1 fully saturated rings. The van der Waals surface area contributed by atoms with Gasteiger partial charge in [-0.15, -0.1) is 0 Å². The van der Waals surface area contributed by atoms with E-state index < -0.39 is 23.2 Å². The van der Waals surface area contributed by atoms with Crippen LogP contribution < -0.4 is 11.1 Å². The van der Waals surface area contributed by atoms with Crippen LogP contribution in [0.1, 0.15) is 34.7 Å². The zero-order valence-corrected chi connectivity index (χ0v) is 14.4. The summed E-state index contributed by atoms with van der Waals surface area (Å²) in [6.07, 6.45) is 1.08. The van der Waals surface area contributed by atoms with Crippen LogP contribution in [0, 0.1) is 0 Å². The molecule has 10 heteroatoms. The van der Waals surface area contributed by atoms with Gasteiger partial charge in [0.15, 0.2) is 0 Å². The molecule has 3 N–H and O–H groups in total. The number of hydrogen-bond donors (Lipinski definition) is 2. The van der Waals surface area contributed by atoms with Crippen LogP contribution in [0.25, 0.3) is 5.69 Å². The first kappa shape index (κ1) is 18.1. The van der Waals surface area contributed by atoms with Crippen molar-refractivity contribution in [3.05, 3.63) is 66.0 Å². The van der Waals surface area contributed by atoms with E-state index in [1.165, 1.54) is 41.5 Å². The summed E-state index contributed by atoms with van der Waals surface area (Å²) >= 11 is 0. The molecule has 2 aromatic heterocycles. The topological polar surface area (TPSA) is 98.7 Å². The van der Waals surface area contributed by atoms with Crippen molar-refractivity contribution in [2.45, 2.75) is 24.6 Å². The first-order valence-electron chi connectivity index (χ1n) is 8.41. The van der Waals surface area contributed by atoms with Crippen LogP contribution in [-0.2, 0) is 11.7 Å². The molecule has 7 nitrogen and oxygen atoms in total. The van der Waals surface area contributed by atoms with Crippen LogP contribution in [0.2, 0.25) is 0 Å². The number of hydrogen-bond acceptors (Lipinski definition) is 5. The number of amides is 1. The van der Waals surface area contributed by atoms with Gasteiger partial charge in [0.25, 0.3) is 5.91 Å². The molecule has 0 aliphatic heterocycles. The van der Waals surface area contributed by atoms with Gasteiger partial charge in [0.05, 0.1) is 22.5 Å². The van der Waals surface area contributed by atoms with Crippen molar-refractivity contribution in [3.8, 4) is 5.69 Å². The minimum absolute atomic E-state index is 0.0500. The van der Waals surface area contributed by atoms with Gasteiger partial charge in [-0.3, -0.25) is 4.79 Å². The first-order valence-corrected chi connectivity index (χ1v) is 8.41. The quantitative estimate of drug-likeness (QED) is 0.716. The molecule has 0 saturated heterocycles. The highest BCUT2D eigenvalue weighted by Gasteiger charge is 2.43. The normalized spacial score (nSPS) is 15.3. The van der Waals surface area contributed by atoms with E-state index in [4.69, 9.17) is 5.73 Å². The molecule has 1 saturated carbocycles. The third kappa shape index (κ3) is 3.46. The van der Waals surface area contributed by atoms with Crippen molar-refractivity contribution in [3.63, 3.8) is 0 Å². The van der Waals surface area contributed by atoms with E-state index in [1.807, 2.05) is 0 Å². The number of nitrogens with one attached hydrogen (secondary N) is 1. The molecule has 0 atom stereocenters. The molecular weight excluding hydrogens is 373 g/mol. The molecule has 0 spiro atoms. The zero-order valence-electron chi connectivity index (χ0n) is 14.4. The fourth-order valence-corrected chi connectivity index (χ4v) is 2.71.